The van der Waals surface area contributed by atoms with Crippen molar-refractivity contribution in [2.45, 2.75) is 39.0 Å². The molecule has 2 heterocycles. The van der Waals surface area contributed by atoms with Crippen molar-refractivity contribution in [3.05, 3.63) is 49.6 Å². The predicted molar refractivity (Wildman–Crippen MR) is 86.2 cm³/mol. The van der Waals surface area contributed by atoms with Crippen molar-refractivity contribution in [2.75, 3.05) is 5.32 Å². The topological polar surface area (TPSA) is 149 Å². The van der Waals surface area contributed by atoms with Gasteiger partial charge in [-0.3, -0.25) is 20.2 Å². The van der Waals surface area contributed by atoms with Crippen LogP contribution in [0.15, 0.2) is 12.4 Å². The third-order valence-corrected chi connectivity index (χ3v) is 4.34. The van der Waals surface area contributed by atoms with Crippen molar-refractivity contribution in [1.82, 2.24) is 14.8 Å². The molecule has 1 aliphatic rings. The van der Waals surface area contributed by atoms with Crippen molar-refractivity contribution in [1.29, 1.82) is 0 Å². The number of nitro benzene ring substituents is 2. The lowest BCUT2D eigenvalue weighted by atomic mass is 10.0. The van der Waals surface area contributed by atoms with Gasteiger partial charge in [-0.15, -0.1) is 0 Å². The summed E-state index contributed by atoms with van der Waals surface area (Å²) in [4.78, 5) is 25.7. The number of nitrogens with one attached hydrogen (secondary N) is 1. The van der Waals surface area contributed by atoms with Crippen LogP contribution in [0.2, 0.25) is 0 Å². The highest BCUT2D eigenvalue weighted by molar-refractivity contribution is 5.78. The summed E-state index contributed by atoms with van der Waals surface area (Å²) in [6.45, 7) is 1.36. The summed E-state index contributed by atoms with van der Waals surface area (Å²) in [6.07, 6.45) is 2.67. The van der Waals surface area contributed by atoms with Gasteiger partial charge in [-0.1, -0.05) is 0 Å². The normalized spacial score (nSPS) is 16.3. The molecule has 1 atom stereocenters. The van der Waals surface area contributed by atoms with Crippen molar-refractivity contribution >= 4 is 17.1 Å². The number of aromatic nitrogens is 3. The number of anilines is 1. The molecule has 1 aliphatic heterocycles. The quantitative estimate of drug-likeness (QED) is 0.607. The summed E-state index contributed by atoms with van der Waals surface area (Å²) in [5.41, 5.74) is -0.587. The van der Waals surface area contributed by atoms with Crippen LogP contribution in [0.5, 0.6) is 0 Å². The Hall–Kier alpha value is -3.08. The Morgan fingerprint density at radius 3 is 2.80 bits per heavy atom. The molecular weight excluding hydrogens is 332 g/mol. The Kier molecular flexibility index (Phi) is 4.31. The molecule has 0 amide bonds. The minimum atomic E-state index is -0.683. The molecule has 0 spiro atoms. The minimum Gasteiger partial charge on any atom is -0.392 e. The highest BCUT2D eigenvalue weighted by Gasteiger charge is 2.32. The summed E-state index contributed by atoms with van der Waals surface area (Å²) in [7, 11) is 0. The first-order valence-corrected chi connectivity index (χ1v) is 7.61. The summed E-state index contributed by atoms with van der Waals surface area (Å²) < 4.78 is 1.67. The number of fused-ring (bicyclic) bond motifs is 1. The molecule has 2 N–H and O–H groups in total. The highest BCUT2D eigenvalue weighted by atomic mass is 16.6. The maximum Gasteiger partial charge on any atom is 0.302 e. The molecule has 1 aromatic carbocycles. The molecule has 0 radical (unpaired) electrons. The summed E-state index contributed by atoms with van der Waals surface area (Å²) in [6, 6.07) is 0.917. The van der Waals surface area contributed by atoms with Crippen LogP contribution in [-0.4, -0.2) is 35.8 Å². The molecule has 0 bridgehead atoms. The summed E-state index contributed by atoms with van der Waals surface area (Å²) >= 11 is 0. The van der Waals surface area contributed by atoms with Crippen LogP contribution in [0.25, 0.3) is 0 Å². The maximum atomic E-state index is 11.5. The molecule has 0 fully saturated rings. The number of hydrogen-bond acceptors (Lipinski definition) is 8. The molecule has 0 aliphatic carbocycles. The second kappa shape index (κ2) is 6.43. The van der Waals surface area contributed by atoms with Gasteiger partial charge in [-0.2, -0.15) is 5.10 Å². The number of aliphatic hydroxyl groups is 1. The Bertz CT molecular complexity index is 848. The van der Waals surface area contributed by atoms with E-state index in [9.17, 15) is 25.3 Å². The van der Waals surface area contributed by atoms with Crippen LogP contribution in [0.3, 0.4) is 0 Å². The third kappa shape index (κ3) is 3.01. The van der Waals surface area contributed by atoms with E-state index < -0.39 is 22.1 Å². The molecule has 0 saturated heterocycles. The first-order valence-electron chi connectivity index (χ1n) is 7.61. The lowest BCUT2D eigenvalue weighted by molar-refractivity contribution is -0.392. The van der Waals surface area contributed by atoms with E-state index in [1.807, 2.05) is 0 Å². The summed E-state index contributed by atoms with van der Waals surface area (Å²) in [5.74, 6) is 0.814. The van der Waals surface area contributed by atoms with Gasteiger partial charge in [-0.25, -0.2) is 9.67 Å². The predicted octanol–water partition coefficient (Wildman–Crippen LogP) is 1.32. The molecule has 1 aromatic heterocycles. The van der Waals surface area contributed by atoms with E-state index >= 15 is 0 Å². The Balaban J connectivity index is 2.03. The molecule has 0 saturated carbocycles. The highest BCUT2D eigenvalue weighted by Crippen LogP contribution is 2.40. The van der Waals surface area contributed by atoms with E-state index in [1.54, 1.807) is 4.68 Å². The Morgan fingerprint density at radius 2 is 2.16 bits per heavy atom. The molecular formula is C14H16N6O5. The zero-order valence-corrected chi connectivity index (χ0v) is 13.4. The van der Waals surface area contributed by atoms with Crippen molar-refractivity contribution in [2.24, 2.45) is 0 Å². The molecule has 1 unspecified atom stereocenters. The largest absolute Gasteiger partial charge is 0.392 e. The zero-order chi connectivity index (χ0) is 18.1. The number of aryl methyl sites for hydroxylation is 1. The average Bonchev–Trinajstić information content (AvgIpc) is 3.02. The van der Waals surface area contributed by atoms with Crippen molar-refractivity contribution in [3.8, 4) is 0 Å². The van der Waals surface area contributed by atoms with Gasteiger partial charge in [0.15, 0.2) is 5.69 Å². The van der Waals surface area contributed by atoms with Gasteiger partial charge in [0, 0.05) is 24.1 Å². The molecule has 11 nitrogen and oxygen atoms in total. The summed E-state index contributed by atoms with van der Waals surface area (Å²) in [5, 5.41) is 39.3. The van der Waals surface area contributed by atoms with E-state index in [0.717, 1.165) is 5.82 Å². The van der Waals surface area contributed by atoms with Gasteiger partial charge in [0.05, 0.1) is 23.0 Å². The van der Waals surface area contributed by atoms with Gasteiger partial charge in [-0.05, 0) is 18.9 Å². The van der Waals surface area contributed by atoms with Gasteiger partial charge < -0.3 is 10.4 Å². The van der Waals surface area contributed by atoms with E-state index in [0.29, 0.717) is 19.4 Å². The van der Waals surface area contributed by atoms with Crippen LogP contribution in [-0.2, 0) is 19.6 Å². The lowest BCUT2D eigenvalue weighted by Gasteiger charge is -2.24. The fourth-order valence-electron chi connectivity index (χ4n) is 3.04. The second-order valence-electron chi connectivity index (χ2n) is 5.81. The van der Waals surface area contributed by atoms with Crippen LogP contribution in [0, 0.1) is 27.2 Å². The van der Waals surface area contributed by atoms with E-state index in [1.165, 1.54) is 19.3 Å². The van der Waals surface area contributed by atoms with Crippen LogP contribution in [0.4, 0.5) is 17.1 Å². The van der Waals surface area contributed by atoms with E-state index in [-0.39, 0.29) is 28.5 Å². The Morgan fingerprint density at radius 1 is 1.40 bits per heavy atom. The Labute approximate surface area is 141 Å². The number of aliphatic hydroxyl groups excluding tert-OH is 1. The maximum absolute atomic E-state index is 11.5. The molecule has 132 valence electrons. The standard InChI is InChI=1S/C14H16N6O5/c1-8-9(6-21)4-11(19(22)23)13(14(8)20(24)25)17-10-2-3-12-15-7-16-18(12)5-10/h4,7,10,17,21H,2-3,5-6H2,1H3. The third-order valence-electron chi connectivity index (χ3n) is 4.34. The second-order valence-corrected chi connectivity index (χ2v) is 5.81. The number of benzene rings is 1. The fraction of sp³-hybridized carbons (Fsp3) is 0.429. The minimum absolute atomic E-state index is 0.140. The lowest BCUT2D eigenvalue weighted by Crippen LogP contribution is -2.32. The number of nitrogens with zero attached hydrogens (tertiary/aromatic N) is 5. The zero-order valence-electron chi connectivity index (χ0n) is 13.4. The van der Waals surface area contributed by atoms with Crippen LogP contribution in [0.1, 0.15) is 23.4 Å². The van der Waals surface area contributed by atoms with Gasteiger partial charge in [0.25, 0.3) is 5.69 Å². The van der Waals surface area contributed by atoms with Gasteiger partial charge in [0.1, 0.15) is 12.2 Å². The van der Waals surface area contributed by atoms with Crippen LogP contribution < -0.4 is 5.32 Å². The first kappa shape index (κ1) is 16.8. The van der Waals surface area contributed by atoms with Gasteiger partial charge >= 0.3 is 5.69 Å². The number of nitro groups is 2. The fourth-order valence-corrected chi connectivity index (χ4v) is 3.04. The van der Waals surface area contributed by atoms with E-state index in [4.69, 9.17) is 0 Å². The molecule has 25 heavy (non-hydrogen) atoms. The first-order chi connectivity index (χ1) is 11.9. The number of hydrogen-bond donors (Lipinski definition) is 2. The molecule has 3 rings (SSSR count). The molecule has 2 aromatic rings. The van der Waals surface area contributed by atoms with Crippen molar-refractivity contribution < 1.29 is 15.0 Å². The van der Waals surface area contributed by atoms with Crippen molar-refractivity contribution in [3.63, 3.8) is 0 Å². The van der Waals surface area contributed by atoms with Gasteiger partial charge in [0.2, 0.25) is 0 Å². The number of rotatable bonds is 5. The smallest absolute Gasteiger partial charge is 0.302 e. The average molecular weight is 348 g/mol. The van der Waals surface area contributed by atoms with Crippen LogP contribution >= 0.6 is 0 Å². The monoisotopic (exact) mass is 348 g/mol. The molecule has 11 heteroatoms. The SMILES string of the molecule is Cc1c(CO)cc([N+](=O)[O-])c(NC2CCc3ncnn3C2)c1[N+](=O)[O-]. The van der Waals surface area contributed by atoms with E-state index in [2.05, 4.69) is 15.4 Å².